The third-order valence-corrected chi connectivity index (χ3v) is 3.65. The van der Waals surface area contributed by atoms with E-state index in [1.165, 1.54) is 6.07 Å². The van der Waals surface area contributed by atoms with Crippen molar-refractivity contribution in [2.75, 3.05) is 12.4 Å². The summed E-state index contributed by atoms with van der Waals surface area (Å²) in [6, 6.07) is 6.32. The molecule has 0 radical (unpaired) electrons. The molecule has 1 aromatic rings. The molecule has 0 aromatic heterocycles. The molecule has 4 heteroatoms. The molecule has 0 bridgehead atoms. The molecular weight excluding hydrogens is 253 g/mol. The number of nitrogens with zero attached hydrogens (tertiary/aromatic N) is 1. The Balaban J connectivity index is 2.18. The fraction of sp³-hybridized carbons (Fsp3) is 0.500. The number of alkyl halides is 1. The number of carbonyl (C=O) groups is 1. The third kappa shape index (κ3) is 2.83. The van der Waals surface area contributed by atoms with Gasteiger partial charge in [-0.1, -0.05) is 12.1 Å². The lowest BCUT2D eigenvalue weighted by Gasteiger charge is -2.35. The lowest BCUT2D eigenvalue weighted by atomic mass is 9.98. The summed E-state index contributed by atoms with van der Waals surface area (Å²) in [5.41, 5.74) is 0.166. The lowest BCUT2D eigenvalue weighted by molar-refractivity contribution is 0.0604. The van der Waals surface area contributed by atoms with E-state index in [4.69, 9.17) is 11.6 Å². The van der Waals surface area contributed by atoms with Crippen LogP contribution in [-0.4, -0.2) is 29.3 Å². The first-order valence-electron chi connectivity index (χ1n) is 6.35. The molecule has 2 nitrogen and oxygen atoms in total. The van der Waals surface area contributed by atoms with Crippen LogP contribution in [0.4, 0.5) is 4.39 Å². The van der Waals surface area contributed by atoms with Crippen molar-refractivity contribution in [1.82, 2.24) is 4.90 Å². The Morgan fingerprint density at radius 2 is 2.17 bits per heavy atom. The molecule has 1 heterocycles. The van der Waals surface area contributed by atoms with Gasteiger partial charge in [-0.05, 0) is 37.8 Å². The molecule has 1 unspecified atom stereocenters. The van der Waals surface area contributed by atoms with Crippen molar-refractivity contribution in [2.24, 2.45) is 0 Å². The summed E-state index contributed by atoms with van der Waals surface area (Å²) in [6.07, 6.45) is 3.84. The van der Waals surface area contributed by atoms with E-state index in [0.29, 0.717) is 12.4 Å². The highest BCUT2D eigenvalue weighted by Crippen LogP contribution is 2.23. The van der Waals surface area contributed by atoms with Crippen LogP contribution < -0.4 is 0 Å². The van der Waals surface area contributed by atoms with E-state index < -0.39 is 5.82 Å². The number of piperidine rings is 1. The van der Waals surface area contributed by atoms with Gasteiger partial charge in [-0.3, -0.25) is 4.79 Å². The normalized spacial score (nSPS) is 19.9. The highest BCUT2D eigenvalue weighted by Gasteiger charge is 2.28. The van der Waals surface area contributed by atoms with Gasteiger partial charge in [-0.2, -0.15) is 0 Å². The van der Waals surface area contributed by atoms with E-state index in [9.17, 15) is 9.18 Å². The SMILES string of the molecule is O=C(c1ccccc1F)N1CCCCC1CCCl. The second-order valence-electron chi connectivity index (χ2n) is 4.61. The number of rotatable bonds is 3. The van der Waals surface area contributed by atoms with Crippen LogP contribution in [0.25, 0.3) is 0 Å². The molecule has 1 fully saturated rings. The minimum Gasteiger partial charge on any atom is -0.336 e. The number of carbonyl (C=O) groups excluding carboxylic acids is 1. The van der Waals surface area contributed by atoms with Crippen molar-refractivity contribution in [2.45, 2.75) is 31.7 Å². The van der Waals surface area contributed by atoms with Crippen LogP contribution in [0.2, 0.25) is 0 Å². The van der Waals surface area contributed by atoms with Crippen LogP contribution in [0.15, 0.2) is 24.3 Å². The van der Waals surface area contributed by atoms with Crippen LogP contribution in [0, 0.1) is 5.82 Å². The quantitative estimate of drug-likeness (QED) is 0.770. The fourth-order valence-corrected chi connectivity index (χ4v) is 2.74. The maximum atomic E-state index is 13.6. The van der Waals surface area contributed by atoms with E-state index in [0.717, 1.165) is 25.7 Å². The fourth-order valence-electron chi connectivity index (χ4n) is 2.48. The van der Waals surface area contributed by atoms with Gasteiger partial charge in [0.05, 0.1) is 5.56 Å². The third-order valence-electron chi connectivity index (χ3n) is 3.43. The maximum Gasteiger partial charge on any atom is 0.257 e. The number of likely N-dealkylation sites (tertiary alicyclic amines) is 1. The van der Waals surface area contributed by atoms with E-state index in [1.54, 1.807) is 23.1 Å². The molecule has 1 aliphatic heterocycles. The molecule has 1 aromatic carbocycles. The van der Waals surface area contributed by atoms with Gasteiger partial charge in [0, 0.05) is 18.5 Å². The summed E-state index contributed by atoms with van der Waals surface area (Å²) in [5, 5.41) is 0. The smallest absolute Gasteiger partial charge is 0.257 e. The highest BCUT2D eigenvalue weighted by atomic mass is 35.5. The standard InChI is InChI=1S/C14H17ClFNO/c15-9-8-11-5-3-4-10-17(11)14(18)12-6-1-2-7-13(12)16/h1-2,6-7,11H,3-5,8-10H2. The Kier molecular flexibility index (Phi) is 4.59. The van der Waals surface area contributed by atoms with E-state index >= 15 is 0 Å². The summed E-state index contributed by atoms with van der Waals surface area (Å²) in [4.78, 5) is 14.1. The number of amides is 1. The first kappa shape index (κ1) is 13.3. The van der Waals surface area contributed by atoms with Gasteiger partial charge in [-0.25, -0.2) is 4.39 Å². The van der Waals surface area contributed by atoms with Gasteiger partial charge in [0.1, 0.15) is 5.82 Å². The monoisotopic (exact) mass is 269 g/mol. The average Bonchev–Trinajstić information content (AvgIpc) is 2.40. The highest BCUT2D eigenvalue weighted by molar-refractivity contribution is 6.17. The molecule has 0 aliphatic carbocycles. The van der Waals surface area contributed by atoms with Crippen LogP contribution in [0.1, 0.15) is 36.0 Å². The summed E-state index contributed by atoms with van der Waals surface area (Å²) in [5.74, 6) is -0.119. The van der Waals surface area contributed by atoms with Crippen molar-refractivity contribution in [1.29, 1.82) is 0 Å². The van der Waals surface area contributed by atoms with Crippen LogP contribution >= 0.6 is 11.6 Å². The minimum atomic E-state index is -0.447. The van der Waals surface area contributed by atoms with E-state index in [1.807, 2.05) is 0 Å². The lowest BCUT2D eigenvalue weighted by Crippen LogP contribution is -2.44. The zero-order valence-corrected chi connectivity index (χ0v) is 11.0. The van der Waals surface area contributed by atoms with Crippen molar-refractivity contribution in [3.05, 3.63) is 35.6 Å². The minimum absolute atomic E-state index is 0.156. The zero-order valence-electron chi connectivity index (χ0n) is 10.2. The molecule has 18 heavy (non-hydrogen) atoms. The van der Waals surface area contributed by atoms with Crippen molar-refractivity contribution in [3.63, 3.8) is 0 Å². The Morgan fingerprint density at radius 3 is 2.89 bits per heavy atom. The number of benzene rings is 1. The molecule has 1 aliphatic rings. The van der Waals surface area contributed by atoms with E-state index in [-0.39, 0.29) is 17.5 Å². The second kappa shape index (κ2) is 6.19. The molecule has 1 amide bonds. The van der Waals surface area contributed by atoms with Crippen molar-refractivity contribution < 1.29 is 9.18 Å². The van der Waals surface area contributed by atoms with Crippen LogP contribution in [-0.2, 0) is 0 Å². The van der Waals surface area contributed by atoms with Gasteiger partial charge in [0.2, 0.25) is 0 Å². The predicted molar refractivity (Wildman–Crippen MR) is 70.4 cm³/mol. The Labute approximate surface area is 112 Å². The zero-order chi connectivity index (χ0) is 13.0. The maximum absolute atomic E-state index is 13.6. The summed E-state index contributed by atoms with van der Waals surface area (Å²) in [7, 11) is 0. The van der Waals surface area contributed by atoms with Crippen molar-refractivity contribution >= 4 is 17.5 Å². The topological polar surface area (TPSA) is 20.3 Å². The number of hydrogen-bond donors (Lipinski definition) is 0. The molecule has 1 atom stereocenters. The Hall–Kier alpha value is -1.09. The van der Waals surface area contributed by atoms with Gasteiger partial charge in [-0.15, -0.1) is 11.6 Å². The summed E-state index contributed by atoms with van der Waals surface area (Å²) < 4.78 is 13.6. The first-order valence-corrected chi connectivity index (χ1v) is 6.89. The molecule has 1 saturated heterocycles. The van der Waals surface area contributed by atoms with Crippen LogP contribution in [0.5, 0.6) is 0 Å². The number of hydrogen-bond acceptors (Lipinski definition) is 1. The molecule has 0 saturated carbocycles. The second-order valence-corrected chi connectivity index (χ2v) is 4.98. The van der Waals surface area contributed by atoms with Gasteiger partial charge in [0.25, 0.3) is 5.91 Å². The van der Waals surface area contributed by atoms with E-state index in [2.05, 4.69) is 0 Å². The Morgan fingerprint density at radius 1 is 1.39 bits per heavy atom. The largest absolute Gasteiger partial charge is 0.336 e. The molecule has 98 valence electrons. The van der Waals surface area contributed by atoms with Gasteiger partial charge >= 0.3 is 0 Å². The molecule has 0 spiro atoms. The van der Waals surface area contributed by atoms with Gasteiger partial charge < -0.3 is 4.90 Å². The van der Waals surface area contributed by atoms with Gasteiger partial charge in [0.15, 0.2) is 0 Å². The predicted octanol–water partition coefficient (Wildman–Crippen LogP) is 3.45. The van der Waals surface area contributed by atoms with Crippen molar-refractivity contribution in [3.8, 4) is 0 Å². The molecule has 2 rings (SSSR count). The molecular formula is C14H17ClFNO. The number of halogens is 2. The van der Waals surface area contributed by atoms with Crippen LogP contribution in [0.3, 0.4) is 0 Å². The first-order chi connectivity index (χ1) is 8.74. The average molecular weight is 270 g/mol. The summed E-state index contributed by atoms with van der Waals surface area (Å²) >= 11 is 5.77. The Bertz CT molecular complexity index is 422. The summed E-state index contributed by atoms with van der Waals surface area (Å²) in [6.45, 7) is 0.703. The molecule has 0 N–H and O–H groups in total.